The third-order valence-electron chi connectivity index (χ3n) is 5.41. The normalized spacial score (nSPS) is 15.8. The van der Waals surface area contributed by atoms with Crippen molar-refractivity contribution in [3.63, 3.8) is 0 Å². The highest BCUT2D eigenvalue weighted by Gasteiger charge is 2.33. The first-order chi connectivity index (χ1) is 13.4. The number of nitrogens with one attached hydrogen (secondary N) is 1. The molecule has 2 aromatic rings. The van der Waals surface area contributed by atoms with E-state index in [4.69, 9.17) is 0 Å². The molecule has 0 radical (unpaired) electrons. The summed E-state index contributed by atoms with van der Waals surface area (Å²) in [5, 5.41) is 4.96. The molecular weight excluding hydrogens is 350 g/mol. The molecule has 2 amide bonds. The van der Waals surface area contributed by atoms with Crippen molar-refractivity contribution in [2.45, 2.75) is 46.2 Å². The van der Waals surface area contributed by atoms with Crippen LogP contribution in [0, 0.1) is 5.92 Å². The smallest absolute Gasteiger partial charge is 0.285 e. The van der Waals surface area contributed by atoms with Gasteiger partial charge in [0.05, 0.1) is 11.4 Å². The van der Waals surface area contributed by atoms with Crippen LogP contribution in [0.25, 0.3) is 0 Å². The Labute approximate surface area is 167 Å². The Bertz CT molecular complexity index is 845. The molecular formula is C23H30N3O2+. The van der Waals surface area contributed by atoms with Crippen molar-refractivity contribution < 1.29 is 14.9 Å². The first-order valence-corrected chi connectivity index (χ1v) is 10.0. The van der Waals surface area contributed by atoms with Gasteiger partial charge in [0.2, 0.25) is 5.91 Å². The van der Waals surface area contributed by atoms with E-state index >= 15 is 0 Å². The van der Waals surface area contributed by atoms with E-state index in [-0.39, 0.29) is 30.4 Å². The van der Waals surface area contributed by atoms with E-state index in [0.29, 0.717) is 11.6 Å². The van der Waals surface area contributed by atoms with Crippen LogP contribution in [-0.2, 0) is 16.0 Å². The number of carbonyl (C=O) groups is 2. The van der Waals surface area contributed by atoms with Gasteiger partial charge in [-0.05, 0) is 31.0 Å². The maximum atomic E-state index is 13.2. The summed E-state index contributed by atoms with van der Waals surface area (Å²) >= 11 is 0. The fourth-order valence-electron chi connectivity index (χ4n) is 3.76. The Morgan fingerprint density at radius 3 is 2.43 bits per heavy atom. The second-order valence-corrected chi connectivity index (χ2v) is 7.84. The van der Waals surface area contributed by atoms with Gasteiger partial charge in [0.15, 0.2) is 6.04 Å². The predicted octanol–water partition coefficient (Wildman–Crippen LogP) is 2.88. The number of aryl methyl sites for hydroxylation is 1. The number of anilines is 2. The summed E-state index contributed by atoms with van der Waals surface area (Å²) in [5.41, 5.74) is 3.99. The lowest BCUT2D eigenvalue weighted by Crippen LogP contribution is -2.93. The van der Waals surface area contributed by atoms with Gasteiger partial charge in [-0.2, -0.15) is 0 Å². The Balaban J connectivity index is 1.79. The van der Waals surface area contributed by atoms with E-state index in [1.165, 1.54) is 11.1 Å². The number of quaternary nitrogens is 1. The third-order valence-corrected chi connectivity index (χ3v) is 5.41. The van der Waals surface area contributed by atoms with E-state index in [2.05, 4.69) is 55.7 Å². The highest BCUT2D eigenvalue weighted by Crippen LogP contribution is 2.29. The van der Waals surface area contributed by atoms with Gasteiger partial charge >= 0.3 is 0 Å². The SMILES string of the molecule is CCc1ccc([C@H]([NH2+][C@H](C)C(=O)N2CC(=O)Nc3ccccc32)C(C)C)cc1. The Hall–Kier alpha value is -2.66. The number of rotatable bonds is 6. The van der Waals surface area contributed by atoms with Crippen LogP contribution in [0.3, 0.4) is 0 Å². The molecule has 148 valence electrons. The topological polar surface area (TPSA) is 66.0 Å². The van der Waals surface area contributed by atoms with Gasteiger partial charge in [-0.25, -0.2) is 0 Å². The van der Waals surface area contributed by atoms with Crippen molar-refractivity contribution in [2.75, 3.05) is 16.8 Å². The number of nitrogens with two attached hydrogens (primary N) is 1. The minimum atomic E-state index is -0.294. The Morgan fingerprint density at radius 1 is 1.11 bits per heavy atom. The number of hydrogen-bond donors (Lipinski definition) is 2. The predicted molar refractivity (Wildman–Crippen MR) is 112 cm³/mol. The summed E-state index contributed by atoms with van der Waals surface area (Å²) in [6.07, 6.45) is 1.02. The largest absolute Gasteiger partial charge is 0.330 e. The van der Waals surface area contributed by atoms with E-state index < -0.39 is 0 Å². The lowest BCUT2D eigenvalue weighted by atomic mass is 9.94. The first-order valence-electron chi connectivity index (χ1n) is 10.0. The highest BCUT2D eigenvalue weighted by molar-refractivity contribution is 6.10. The van der Waals surface area contributed by atoms with Gasteiger partial charge in [-0.1, -0.05) is 57.2 Å². The van der Waals surface area contributed by atoms with Crippen molar-refractivity contribution >= 4 is 23.2 Å². The molecule has 0 spiro atoms. The van der Waals surface area contributed by atoms with Crippen molar-refractivity contribution in [1.82, 2.24) is 0 Å². The fraction of sp³-hybridized carbons (Fsp3) is 0.391. The summed E-state index contributed by atoms with van der Waals surface area (Å²) in [7, 11) is 0. The van der Waals surface area contributed by atoms with Gasteiger partial charge < -0.3 is 10.6 Å². The van der Waals surface area contributed by atoms with Crippen LogP contribution in [-0.4, -0.2) is 24.4 Å². The number of nitrogens with zero attached hydrogens (tertiary/aromatic N) is 1. The standard InChI is InChI=1S/C23H29N3O2/c1-5-17-10-12-18(13-11-17)22(15(2)3)24-16(4)23(28)26-14-21(27)25-19-8-6-7-9-20(19)26/h6-13,15-16,22,24H,5,14H2,1-4H3,(H,25,27)/p+1/t16-,22-/m1/s1. The molecule has 0 bridgehead atoms. The van der Waals surface area contributed by atoms with Crippen LogP contribution in [0.15, 0.2) is 48.5 Å². The van der Waals surface area contributed by atoms with Gasteiger partial charge in [0.25, 0.3) is 5.91 Å². The molecule has 0 saturated heterocycles. The summed E-state index contributed by atoms with van der Waals surface area (Å²) in [5.74, 6) is 0.174. The van der Waals surface area contributed by atoms with E-state index in [1.807, 2.05) is 31.2 Å². The molecule has 1 aliphatic heterocycles. The third kappa shape index (κ3) is 4.25. The molecule has 0 saturated carbocycles. The molecule has 1 heterocycles. The average molecular weight is 381 g/mol. The maximum absolute atomic E-state index is 13.2. The van der Waals surface area contributed by atoms with Crippen molar-refractivity contribution in [2.24, 2.45) is 5.92 Å². The zero-order chi connectivity index (χ0) is 20.3. The number of fused-ring (bicyclic) bond motifs is 1. The van der Waals surface area contributed by atoms with Gasteiger partial charge in [0.1, 0.15) is 12.6 Å². The summed E-state index contributed by atoms with van der Waals surface area (Å²) < 4.78 is 0. The van der Waals surface area contributed by atoms with Crippen LogP contribution in [0.1, 0.15) is 44.9 Å². The molecule has 1 aliphatic rings. The molecule has 3 N–H and O–H groups in total. The summed E-state index contributed by atoms with van der Waals surface area (Å²) in [4.78, 5) is 26.9. The second kappa shape index (κ2) is 8.57. The monoisotopic (exact) mass is 380 g/mol. The van der Waals surface area contributed by atoms with Crippen LogP contribution in [0.5, 0.6) is 0 Å². The van der Waals surface area contributed by atoms with Gasteiger partial charge in [-0.3, -0.25) is 14.5 Å². The fourth-order valence-corrected chi connectivity index (χ4v) is 3.76. The average Bonchev–Trinajstić information content (AvgIpc) is 2.70. The lowest BCUT2D eigenvalue weighted by molar-refractivity contribution is -0.719. The molecule has 2 aromatic carbocycles. The molecule has 28 heavy (non-hydrogen) atoms. The molecule has 0 unspecified atom stereocenters. The summed E-state index contributed by atoms with van der Waals surface area (Å²) in [6.45, 7) is 8.48. The van der Waals surface area contributed by atoms with Gasteiger partial charge in [-0.15, -0.1) is 0 Å². The summed E-state index contributed by atoms with van der Waals surface area (Å²) in [6, 6.07) is 16.0. The van der Waals surface area contributed by atoms with E-state index in [9.17, 15) is 9.59 Å². The second-order valence-electron chi connectivity index (χ2n) is 7.84. The van der Waals surface area contributed by atoms with Crippen LogP contribution in [0.2, 0.25) is 0 Å². The van der Waals surface area contributed by atoms with Crippen LogP contribution >= 0.6 is 0 Å². The van der Waals surface area contributed by atoms with Gasteiger partial charge in [0, 0.05) is 11.5 Å². The van der Waals surface area contributed by atoms with Crippen LogP contribution < -0.4 is 15.5 Å². The van der Waals surface area contributed by atoms with Crippen molar-refractivity contribution in [3.05, 3.63) is 59.7 Å². The number of benzene rings is 2. The first kappa shape index (κ1) is 20.1. The van der Waals surface area contributed by atoms with E-state index in [1.54, 1.807) is 4.90 Å². The number of hydrogen-bond acceptors (Lipinski definition) is 2. The minimum Gasteiger partial charge on any atom is -0.330 e. The molecule has 5 heteroatoms. The molecule has 0 fully saturated rings. The zero-order valence-electron chi connectivity index (χ0n) is 17.1. The Morgan fingerprint density at radius 2 is 1.79 bits per heavy atom. The molecule has 0 aromatic heterocycles. The highest BCUT2D eigenvalue weighted by atomic mass is 16.2. The van der Waals surface area contributed by atoms with Crippen molar-refractivity contribution in [1.29, 1.82) is 0 Å². The number of amides is 2. The minimum absolute atomic E-state index is 0.0434. The van der Waals surface area contributed by atoms with E-state index in [0.717, 1.165) is 12.1 Å². The molecule has 2 atom stereocenters. The van der Waals surface area contributed by atoms with Crippen LogP contribution in [0.4, 0.5) is 11.4 Å². The molecule has 3 rings (SSSR count). The quantitative estimate of drug-likeness (QED) is 0.809. The number of carbonyl (C=O) groups excluding carboxylic acids is 2. The number of para-hydroxylation sites is 2. The Kier molecular flexibility index (Phi) is 6.15. The lowest BCUT2D eigenvalue weighted by Gasteiger charge is -2.31. The zero-order valence-corrected chi connectivity index (χ0v) is 17.1. The van der Waals surface area contributed by atoms with Crippen molar-refractivity contribution in [3.8, 4) is 0 Å². The molecule has 5 nitrogen and oxygen atoms in total. The maximum Gasteiger partial charge on any atom is 0.285 e. The molecule has 0 aliphatic carbocycles.